The zero-order valence-corrected chi connectivity index (χ0v) is 11.6. The van der Waals surface area contributed by atoms with E-state index in [-0.39, 0.29) is 5.82 Å². The lowest BCUT2D eigenvalue weighted by Crippen LogP contribution is -2.01. The van der Waals surface area contributed by atoms with E-state index in [1.54, 1.807) is 13.8 Å². The molecule has 0 radical (unpaired) electrons. The Morgan fingerprint density at radius 3 is 2.50 bits per heavy atom. The minimum absolute atomic E-state index is 0.122. The Balaban J connectivity index is 2.06. The Labute approximate surface area is 110 Å². The first-order valence-corrected chi connectivity index (χ1v) is 6.69. The molecule has 2 rings (SSSR count). The minimum Gasteiger partial charge on any atom is -0.356 e. The van der Waals surface area contributed by atoms with Crippen LogP contribution >= 0.6 is 11.5 Å². The topological polar surface area (TPSA) is 37.8 Å². The first-order valence-electron chi connectivity index (χ1n) is 5.92. The van der Waals surface area contributed by atoms with Crippen LogP contribution in [0.3, 0.4) is 0 Å². The monoisotopic (exact) mass is 265 g/mol. The predicted molar refractivity (Wildman–Crippen MR) is 72.5 cm³/mol. The van der Waals surface area contributed by atoms with Crippen molar-refractivity contribution in [3.8, 4) is 0 Å². The van der Waals surface area contributed by atoms with E-state index in [0.29, 0.717) is 17.7 Å². The molecule has 0 amide bonds. The highest BCUT2D eigenvalue weighted by Gasteiger charge is 2.05. The maximum Gasteiger partial charge on any atom is 0.202 e. The van der Waals surface area contributed by atoms with E-state index in [0.717, 1.165) is 22.9 Å². The van der Waals surface area contributed by atoms with Crippen molar-refractivity contribution >= 4 is 16.7 Å². The number of aryl methyl sites for hydroxylation is 3. The van der Waals surface area contributed by atoms with Gasteiger partial charge >= 0.3 is 0 Å². The van der Waals surface area contributed by atoms with E-state index in [9.17, 15) is 4.39 Å². The number of halogens is 1. The van der Waals surface area contributed by atoms with Crippen molar-refractivity contribution in [3.05, 3.63) is 40.5 Å². The number of hydrogen-bond donors (Lipinski definition) is 1. The van der Waals surface area contributed by atoms with Crippen LogP contribution in [0.1, 0.15) is 29.4 Å². The lowest BCUT2D eigenvalue weighted by atomic mass is 10.1. The number of benzene rings is 1. The van der Waals surface area contributed by atoms with E-state index >= 15 is 0 Å². The summed E-state index contributed by atoms with van der Waals surface area (Å²) in [5, 5.41) is 4.02. The third-order valence-electron chi connectivity index (χ3n) is 2.72. The van der Waals surface area contributed by atoms with E-state index in [4.69, 9.17) is 0 Å². The van der Waals surface area contributed by atoms with Crippen LogP contribution in [0.15, 0.2) is 12.1 Å². The molecular formula is C13H16FN3S. The first kappa shape index (κ1) is 13.0. The molecule has 1 aromatic carbocycles. The summed E-state index contributed by atoms with van der Waals surface area (Å²) in [5.41, 5.74) is 2.41. The van der Waals surface area contributed by atoms with Gasteiger partial charge in [0.15, 0.2) is 0 Å². The summed E-state index contributed by atoms with van der Waals surface area (Å²) < 4.78 is 17.7. The molecule has 1 N–H and O–H groups in total. The molecule has 1 aromatic heterocycles. The van der Waals surface area contributed by atoms with Gasteiger partial charge in [0.2, 0.25) is 5.13 Å². The Morgan fingerprint density at radius 1 is 1.28 bits per heavy atom. The van der Waals surface area contributed by atoms with Crippen LogP contribution in [0, 0.1) is 19.7 Å². The molecule has 0 saturated carbocycles. The molecule has 0 atom stereocenters. The van der Waals surface area contributed by atoms with E-state index in [1.165, 1.54) is 11.5 Å². The lowest BCUT2D eigenvalue weighted by Gasteiger charge is -2.07. The maximum atomic E-state index is 13.5. The summed E-state index contributed by atoms with van der Waals surface area (Å²) in [6.07, 6.45) is 0.840. The van der Waals surface area contributed by atoms with E-state index in [2.05, 4.69) is 14.7 Å². The van der Waals surface area contributed by atoms with Gasteiger partial charge in [0.1, 0.15) is 11.6 Å². The Morgan fingerprint density at radius 2 is 1.94 bits per heavy atom. The highest BCUT2D eigenvalue weighted by Crippen LogP contribution is 2.17. The van der Waals surface area contributed by atoms with Gasteiger partial charge in [0.05, 0.1) is 0 Å². The second kappa shape index (κ2) is 5.44. The molecular weight excluding hydrogens is 249 g/mol. The van der Waals surface area contributed by atoms with E-state index in [1.807, 2.05) is 19.1 Å². The summed E-state index contributed by atoms with van der Waals surface area (Å²) in [4.78, 5) is 4.33. The molecule has 0 aliphatic heterocycles. The third kappa shape index (κ3) is 2.85. The highest BCUT2D eigenvalue weighted by molar-refractivity contribution is 7.09. The fraction of sp³-hybridized carbons (Fsp3) is 0.385. The molecule has 0 spiro atoms. The number of anilines is 1. The predicted octanol–water partition coefficient (Wildman–Crippen LogP) is 3.47. The summed E-state index contributed by atoms with van der Waals surface area (Å²) >= 11 is 1.36. The SMILES string of the molecule is CCc1nsc(NCc2cc(C)c(F)c(C)c2)n1. The quantitative estimate of drug-likeness (QED) is 0.919. The van der Waals surface area contributed by atoms with Gasteiger partial charge in [-0.05, 0) is 30.5 Å². The molecule has 0 saturated heterocycles. The van der Waals surface area contributed by atoms with Crippen LogP contribution < -0.4 is 5.32 Å². The van der Waals surface area contributed by atoms with E-state index < -0.39 is 0 Å². The van der Waals surface area contributed by atoms with Crippen LogP contribution in [0.2, 0.25) is 0 Å². The van der Waals surface area contributed by atoms with Crippen LogP contribution in [-0.2, 0) is 13.0 Å². The summed E-state index contributed by atoms with van der Waals surface area (Å²) in [6, 6.07) is 3.72. The van der Waals surface area contributed by atoms with Gasteiger partial charge in [-0.1, -0.05) is 19.1 Å². The Kier molecular flexibility index (Phi) is 3.91. The van der Waals surface area contributed by atoms with Gasteiger partial charge in [0, 0.05) is 24.5 Å². The molecule has 0 aliphatic carbocycles. The van der Waals surface area contributed by atoms with Gasteiger partial charge in [-0.15, -0.1) is 0 Å². The van der Waals surface area contributed by atoms with Crippen molar-refractivity contribution in [2.24, 2.45) is 0 Å². The van der Waals surface area contributed by atoms with Gasteiger partial charge in [-0.2, -0.15) is 4.37 Å². The molecule has 96 valence electrons. The smallest absolute Gasteiger partial charge is 0.202 e. The molecule has 1 heterocycles. The minimum atomic E-state index is -0.122. The largest absolute Gasteiger partial charge is 0.356 e. The van der Waals surface area contributed by atoms with Gasteiger partial charge in [0.25, 0.3) is 0 Å². The van der Waals surface area contributed by atoms with Crippen molar-refractivity contribution in [2.45, 2.75) is 33.7 Å². The summed E-state index contributed by atoms with van der Waals surface area (Å²) in [6.45, 7) is 6.23. The molecule has 3 nitrogen and oxygen atoms in total. The molecule has 18 heavy (non-hydrogen) atoms. The average Bonchev–Trinajstić information content (AvgIpc) is 2.81. The zero-order chi connectivity index (χ0) is 13.1. The first-order chi connectivity index (χ1) is 8.60. The van der Waals surface area contributed by atoms with Crippen molar-refractivity contribution in [1.82, 2.24) is 9.36 Å². The lowest BCUT2D eigenvalue weighted by molar-refractivity contribution is 0.608. The summed E-state index contributed by atoms with van der Waals surface area (Å²) in [5.74, 6) is 0.733. The Hall–Kier alpha value is -1.49. The molecule has 0 unspecified atom stereocenters. The molecule has 2 aromatic rings. The second-order valence-electron chi connectivity index (χ2n) is 4.27. The van der Waals surface area contributed by atoms with Crippen molar-refractivity contribution in [3.63, 3.8) is 0 Å². The van der Waals surface area contributed by atoms with Gasteiger partial charge in [-0.3, -0.25) is 0 Å². The van der Waals surface area contributed by atoms with Crippen LogP contribution in [0.5, 0.6) is 0 Å². The van der Waals surface area contributed by atoms with Crippen LogP contribution in [0.25, 0.3) is 0 Å². The van der Waals surface area contributed by atoms with Crippen LogP contribution in [0.4, 0.5) is 9.52 Å². The molecule has 0 aliphatic rings. The zero-order valence-electron chi connectivity index (χ0n) is 10.7. The number of rotatable bonds is 4. The second-order valence-corrected chi connectivity index (χ2v) is 5.02. The molecule has 0 bridgehead atoms. The maximum absolute atomic E-state index is 13.5. The van der Waals surface area contributed by atoms with Crippen molar-refractivity contribution in [1.29, 1.82) is 0 Å². The average molecular weight is 265 g/mol. The van der Waals surface area contributed by atoms with Gasteiger partial charge < -0.3 is 5.32 Å². The molecule has 5 heteroatoms. The summed E-state index contributed by atoms with van der Waals surface area (Å²) in [7, 11) is 0. The number of hydrogen-bond acceptors (Lipinski definition) is 4. The van der Waals surface area contributed by atoms with Crippen LogP contribution in [-0.4, -0.2) is 9.36 Å². The number of aromatic nitrogens is 2. The highest BCUT2D eigenvalue weighted by atomic mass is 32.1. The number of nitrogens with zero attached hydrogens (tertiary/aromatic N) is 2. The normalized spacial score (nSPS) is 10.7. The van der Waals surface area contributed by atoms with Crippen molar-refractivity contribution in [2.75, 3.05) is 5.32 Å². The standard InChI is InChI=1S/C13H16FN3S/c1-4-11-16-13(18-17-11)15-7-10-5-8(2)12(14)9(3)6-10/h5-6H,4,7H2,1-3H3,(H,15,16,17). The fourth-order valence-corrected chi connectivity index (χ4v) is 2.43. The molecule has 0 fully saturated rings. The Bertz CT molecular complexity index is 528. The number of nitrogens with one attached hydrogen (secondary N) is 1. The van der Waals surface area contributed by atoms with Gasteiger partial charge in [-0.25, -0.2) is 9.37 Å². The van der Waals surface area contributed by atoms with Crippen molar-refractivity contribution < 1.29 is 4.39 Å². The fourth-order valence-electron chi connectivity index (χ4n) is 1.78. The third-order valence-corrected chi connectivity index (χ3v) is 3.43.